The molecule has 2 heterocycles. The van der Waals surface area contributed by atoms with E-state index in [1.165, 1.54) is 6.07 Å². The van der Waals surface area contributed by atoms with Gasteiger partial charge >= 0.3 is 18.3 Å². The quantitative estimate of drug-likeness (QED) is 0.392. The van der Waals surface area contributed by atoms with Crippen molar-refractivity contribution in [2.75, 3.05) is 0 Å². The SMILES string of the molecule is CC(c1ccc2ccc(OC3CCC(C(F)(F)F)CC3)c(C(F)(F)F)c2c1)N1C2CCC1CC(C(=O)O)C2. The zero-order valence-electron chi connectivity index (χ0n) is 21.0. The van der Waals surface area contributed by atoms with E-state index in [0.717, 1.165) is 12.8 Å². The number of fused-ring (bicyclic) bond motifs is 3. The lowest BCUT2D eigenvalue weighted by atomic mass is 9.87. The van der Waals surface area contributed by atoms with Crippen LogP contribution >= 0.6 is 0 Å². The van der Waals surface area contributed by atoms with Crippen molar-refractivity contribution in [1.29, 1.82) is 0 Å². The molecule has 1 N–H and O–H groups in total. The van der Waals surface area contributed by atoms with Crippen LogP contribution in [0.1, 0.15) is 75.5 Å². The number of hydrogen-bond donors (Lipinski definition) is 1. The predicted octanol–water partition coefficient (Wildman–Crippen LogP) is 7.75. The van der Waals surface area contributed by atoms with Crippen LogP contribution in [0.25, 0.3) is 10.8 Å². The van der Waals surface area contributed by atoms with E-state index >= 15 is 0 Å². The number of rotatable bonds is 5. The number of carboxylic acids is 1. The summed E-state index contributed by atoms with van der Waals surface area (Å²) in [4.78, 5) is 13.8. The lowest BCUT2D eigenvalue weighted by Gasteiger charge is -2.41. The summed E-state index contributed by atoms with van der Waals surface area (Å²) >= 11 is 0. The van der Waals surface area contributed by atoms with Crippen molar-refractivity contribution >= 4 is 16.7 Å². The van der Waals surface area contributed by atoms with Crippen molar-refractivity contribution in [2.24, 2.45) is 11.8 Å². The molecule has 3 atom stereocenters. The molecule has 2 aromatic rings. The van der Waals surface area contributed by atoms with E-state index in [0.29, 0.717) is 23.8 Å². The number of carbonyl (C=O) groups is 1. The van der Waals surface area contributed by atoms with E-state index in [4.69, 9.17) is 4.74 Å². The maximum Gasteiger partial charge on any atom is 0.420 e. The second-order valence-corrected chi connectivity index (χ2v) is 11.1. The second kappa shape index (κ2) is 9.92. The highest BCUT2D eigenvalue weighted by atomic mass is 19.4. The Bertz CT molecular complexity index is 1170. The van der Waals surface area contributed by atoms with Gasteiger partial charge in [-0.15, -0.1) is 0 Å². The smallest absolute Gasteiger partial charge is 0.420 e. The van der Waals surface area contributed by atoms with Gasteiger partial charge in [-0.05, 0) is 86.8 Å². The van der Waals surface area contributed by atoms with Gasteiger partial charge in [-0.25, -0.2) is 0 Å². The third kappa shape index (κ3) is 5.20. The summed E-state index contributed by atoms with van der Waals surface area (Å²) in [6.07, 6.45) is -7.16. The minimum atomic E-state index is -4.72. The highest BCUT2D eigenvalue weighted by Crippen LogP contribution is 2.47. The molecule has 0 amide bonds. The lowest BCUT2D eigenvalue weighted by Crippen LogP contribution is -2.45. The Morgan fingerprint density at radius 1 is 0.947 bits per heavy atom. The van der Waals surface area contributed by atoms with Gasteiger partial charge in [-0.3, -0.25) is 9.69 Å². The summed E-state index contributed by atoms with van der Waals surface area (Å²) in [7, 11) is 0. The van der Waals surface area contributed by atoms with E-state index in [2.05, 4.69) is 4.90 Å². The molecule has 208 valence electrons. The minimum Gasteiger partial charge on any atom is -0.490 e. The van der Waals surface area contributed by atoms with Gasteiger partial charge in [0.25, 0.3) is 0 Å². The van der Waals surface area contributed by atoms with Gasteiger partial charge in [-0.1, -0.05) is 18.2 Å². The highest BCUT2D eigenvalue weighted by Gasteiger charge is 2.46. The fourth-order valence-corrected chi connectivity index (χ4v) is 6.87. The first kappa shape index (κ1) is 27.1. The summed E-state index contributed by atoms with van der Waals surface area (Å²) < 4.78 is 88.0. The average molecular weight is 544 g/mol. The lowest BCUT2D eigenvalue weighted by molar-refractivity contribution is -0.185. The number of halogens is 6. The summed E-state index contributed by atoms with van der Waals surface area (Å²) in [5, 5.41) is 9.87. The Hall–Kier alpha value is -2.49. The Morgan fingerprint density at radius 3 is 2.11 bits per heavy atom. The fraction of sp³-hybridized carbons (Fsp3) is 0.607. The molecular weight excluding hydrogens is 512 g/mol. The van der Waals surface area contributed by atoms with Crippen molar-refractivity contribution in [1.82, 2.24) is 4.90 Å². The van der Waals surface area contributed by atoms with Crippen LogP contribution in [-0.2, 0) is 11.0 Å². The molecule has 10 heteroatoms. The largest absolute Gasteiger partial charge is 0.490 e. The molecule has 2 aromatic carbocycles. The molecule has 4 nitrogen and oxygen atoms in total. The molecule has 2 bridgehead atoms. The van der Waals surface area contributed by atoms with Crippen molar-refractivity contribution in [3.8, 4) is 5.75 Å². The fourth-order valence-electron chi connectivity index (χ4n) is 6.87. The third-order valence-electron chi connectivity index (χ3n) is 8.79. The van der Waals surface area contributed by atoms with Crippen molar-refractivity contribution in [2.45, 2.75) is 94.9 Å². The topological polar surface area (TPSA) is 49.8 Å². The number of piperidine rings is 1. The van der Waals surface area contributed by atoms with Gasteiger partial charge in [0.15, 0.2) is 0 Å². The van der Waals surface area contributed by atoms with Crippen LogP contribution in [-0.4, -0.2) is 40.3 Å². The zero-order chi connectivity index (χ0) is 27.4. The van der Waals surface area contributed by atoms with Crippen LogP contribution in [0.3, 0.4) is 0 Å². The molecule has 0 spiro atoms. The van der Waals surface area contributed by atoms with Gasteiger partial charge in [0, 0.05) is 18.1 Å². The number of hydrogen-bond acceptors (Lipinski definition) is 3. The van der Waals surface area contributed by atoms with Gasteiger partial charge < -0.3 is 9.84 Å². The van der Waals surface area contributed by atoms with E-state index in [9.17, 15) is 36.2 Å². The molecule has 5 rings (SSSR count). The maximum absolute atomic E-state index is 14.4. The molecule has 0 radical (unpaired) electrons. The number of alkyl halides is 6. The Morgan fingerprint density at radius 2 is 1.55 bits per heavy atom. The maximum atomic E-state index is 14.4. The van der Waals surface area contributed by atoms with E-state index in [1.54, 1.807) is 18.2 Å². The van der Waals surface area contributed by atoms with Gasteiger partial charge in [0.05, 0.1) is 17.9 Å². The third-order valence-corrected chi connectivity index (χ3v) is 8.79. The normalized spacial score (nSPS) is 29.4. The number of carboxylic acid groups (broad SMARTS) is 1. The molecule has 3 aliphatic rings. The molecule has 1 aliphatic carbocycles. The van der Waals surface area contributed by atoms with Crippen LogP contribution in [0.2, 0.25) is 0 Å². The van der Waals surface area contributed by atoms with Gasteiger partial charge in [0.1, 0.15) is 11.3 Å². The van der Waals surface area contributed by atoms with Crippen LogP contribution in [0, 0.1) is 11.8 Å². The molecule has 38 heavy (non-hydrogen) atoms. The van der Waals surface area contributed by atoms with Gasteiger partial charge in [0.2, 0.25) is 0 Å². The van der Waals surface area contributed by atoms with Crippen LogP contribution in [0.5, 0.6) is 5.75 Å². The first-order valence-electron chi connectivity index (χ1n) is 13.2. The van der Waals surface area contributed by atoms with Crippen molar-refractivity contribution in [3.05, 3.63) is 41.5 Å². The van der Waals surface area contributed by atoms with E-state index in [1.807, 2.05) is 13.0 Å². The van der Waals surface area contributed by atoms with Crippen molar-refractivity contribution in [3.63, 3.8) is 0 Å². The predicted molar refractivity (Wildman–Crippen MR) is 129 cm³/mol. The first-order valence-corrected chi connectivity index (χ1v) is 13.2. The average Bonchev–Trinajstić information content (AvgIpc) is 3.10. The standard InChI is InChI=1S/C28H31F6NO3/c1-15(35-20-7-8-21(35)13-18(12-20)26(36)37)17-3-2-16-4-11-24(25(23(16)14-17)28(32,33)34)38-22-9-5-19(6-10-22)27(29,30)31/h2-4,11,14-15,18-22H,5-10,12-13H2,1H3,(H,36,37). The first-order chi connectivity index (χ1) is 17.8. The molecule has 2 saturated heterocycles. The highest BCUT2D eigenvalue weighted by molar-refractivity contribution is 5.89. The van der Waals surface area contributed by atoms with Crippen LogP contribution in [0.4, 0.5) is 26.3 Å². The number of nitrogens with zero attached hydrogens (tertiary/aromatic N) is 1. The van der Waals surface area contributed by atoms with Crippen LogP contribution in [0.15, 0.2) is 30.3 Å². The molecular formula is C28H31F6NO3. The van der Waals surface area contributed by atoms with Crippen LogP contribution < -0.4 is 4.74 Å². The summed E-state index contributed by atoms with van der Waals surface area (Å²) in [6.45, 7) is 1.94. The minimum absolute atomic E-state index is 0.00361. The monoisotopic (exact) mass is 543 g/mol. The number of aliphatic carboxylic acids is 1. The molecule has 0 aromatic heterocycles. The van der Waals surface area contributed by atoms with E-state index < -0.39 is 41.8 Å². The summed E-state index contributed by atoms with van der Waals surface area (Å²) in [6, 6.07) is 7.77. The number of ether oxygens (including phenoxy) is 1. The Balaban J connectivity index is 1.43. The van der Waals surface area contributed by atoms with Crippen molar-refractivity contribution < 1.29 is 41.0 Å². The molecule has 2 aliphatic heterocycles. The Labute approximate surface area is 216 Å². The molecule has 3 unspecified atom stereocenters. The second-order valence-electron chi connectivity index (χ2n) is 11.1. The zero-order valence-corrected chi connectivity index (χ0v) is 21.0. The summed E-state index contributed by atoms with van der Waals surface area (Å²) in [5.41, 5.74) is -0.203. The Kier molecular flexibility index (Phi) is 7.07. The van der Waals surface area contributed by atoms with Gasteiger partial charge in [-0.2, -0.15) is 26.3 Å². The number of benzene rings is 2. The summed E-state index contributed by atoms with van der Waals surface area (Å²) in [5.74, 6) is -2.99. The molecule has 3 fully saturated rings. The molecule has 1 saturated carbocycles. The van der Waals surface area contributed by atoms with E-state index in [-0.39, 0.29) is 54.9 Å².